The van der Waals surface area contributed by atoms with Gasteiger partial charge in [0, 0.05) is 19.3 Å². The summed E-state index contributed by atoms with van der Waals surface area (Å²) in [5, 5.41) is 0. The average Bonchev–Trinajstić information content (AvgIpc) is 3.38. The molecule has 426 valence electrons. The van der Waals surface area contributed by atoms with Gasteiger partial charge in [0.25, 0.3) is 0 Å². The Kier molecular flexibility index (Phi) is 60.1. The highest BCUT2D eigenvalue weighted by molar-refractivity contribution is 5.71. The second kappa shape index (κ2) is 61.7. The van der Waals surface area contributed by atoms with Gasteiger partial charge in [-0.2, -0.15) is 0 Å². The molecular weight excluding hydrogens is 889 g/mol. The molecule has 0 aliphatic carbocycles. The van der Waals surface area contributed by atoms with Gasteiger partial charge in [0.1, 0.15) is 13.2 Å². The van der Waals surface area contributed by atoms with Gasteiger partial charge in [-0.05, 0) is 44.9 Å². The molecule has 0 fully saturated rings. The van der Waals surface area contributed by atoms with Crippen LogP contribution >= 0.6 is 0 Å². The molecule has 6 nitrogen and oxygen atoms in total. The molecule has 0 aromatic carbocycles. The van der Waals surface area contributed by atoms with Crippen molar-refractivity contribution in [2.45, 2.75) is 380 Å². The summed E-state index contributed by atoms with van der Waals surface area (Å²) >= 11 is 0. The van der Waals surface area contributed by atoms with E-state index in [1.807, 2.05) is 0 Å². The van der Waals surface area contributed by atoms with E-state index >= 15 is 0 Å². The lowest BCUT2D eigenvalue weighted by Gasteiger charge is -2.18. The monoisotopic (exact) mass is 1010 g/mol. The van der Waals surface area contributed by atoms with E-state index in [1.54, 1.807) is 0 Å². The van der Waals surface area contributed by atoms with Crippen LogP contribution in [0.25, 0.3) is 0 Å². The molecule has 0 aromatic rings. The third kappa shape index (κ3) is 59.0. The molecule has 6 heteroatoms. The second-order valence-electron chi connectivity index (χ2n) is 22.4. The maximum Gasteiger partial charge on any atom is 0.306 e. The van der Waals surface area contributed by atoms with E-state index in [4.69, 9.17) is 14.2 Å². The van der Waals surface area contributed by atoms with Crippen LogP contribution in [0, 0.1) is 0 Å². The van der Waals surface area contributed by atoms with Crippen molar-refractivity contribution in [1.29, 1.82) is 0 Å². The Hall–Kier alpha value is -1.85. The minimum absolute atomic E-state index is 0.0660. The van der Waals surface area contributed by atoms with Crippen LogP contribution in [-0.2, 0) is 28.6 Å². The number of carbonyl (C=O) groups is 3. The number of ether oxygens (including phenoxy) is 3. The predicted octanol–water partition coefficient (Wildman–Crippen LogP) is 22.1. The van der Waals surface area contributed by atoms with Gasteiger partial charge in [-0.3, -0.25) is 14.4 Å². The largest absolute Gasteiger partial charge is 0.462 e. The Morgan fingerprint density at radius 3 is 0.694 bits per heavy atom. The number of hydrogen-bond donors (Lipinski definition) is 0. The fourth-order valence-corrected chi connectivity index (χ4v) is 10.1. The third-order valence-corrected chi connectivity index (χ3v) is 15.0. The Bertz CT molecular complexity index is 1120. The van der Waals surface area contributed by atoms with Crippen LogP contribution in [0.5, 0.6) is 0 Å². The van der Waals surface area contributed by atoms with E-state index in [2.05, 4.69) is 32.9 Å². The molecule has 0 N–H and O–H groups in total. The molecule has 0 aliphatic rings. The average molecular weight is 1020 g/mol. The van der Waals surface area contributed by atoms with Gasteiger partial charge in [-0.15, -0.1) is 0 Å². The summed E-state index contributed by atoms with van der Waals surface area (Å²) in [7, 11) is 0. The third-order valence-electron chi connectivity index (χ3n) is 15.0. The van der Waals surface area contributed by atoms with Crippen molar-refractivity contribution in [2.24, 2.45) is 0 Å². The lowest BCUT2D eigenvalue weighted by atomic mass is 10.0. The van der Waals surface area contributed by atoms with E-state index < -0.39 is 6.10 Å². The lowest BCUT2D eigenvalue weighted by Crippen LogP contribution is -2.30. The SMILES string of the molecule is CCCCCCCCC/C=C\CCCCCCCCCC(=O)OC(COC(=O)CCCCCCCCCC)COC(=O)CCCCCCCCCCCCCCCCCCCCCCCCCCCCCC. The van der Waals surface area contributed by atoms with Crippen molar-refractivity contribution in [1.82, 2.24) is 0 Å². The lowest BCUT2D eigenvalue weighted by molar-refractivity contribution is -0.167. The molecule has 0 heterocycles. The molecule has 0 saturated heterocycles. The minimum Gasteiger partial charge on any atom is -0.462 e. The van der Waals surface area contributed by atoms with Crippen LogP contribution in [-0.4, -0.2) is 37.2 Å². The first kappa shape index (κ1) is 70.1. The smallest absolute Gasteiger partial charge is 0.306 e. The highest BCUT2D eigenvalue weighted by atomic mass is 16.6. The molecular formula is C66H126O6. The Morgan fingerprint density at radius 2 is 0.458 bits per heavy atom. The van der Waals surface area contributed by atoms with Gasteiger partial charge in [0.05, 0.1) is 0 Å². The summed E-state index contributed by atoms with van der Waals surface area (Å²) in [6, 6.07) is 0. The van der Waals surface area contributed by atoms with E-state index in [-0.39, 0.29) is 31.1 Å². The molecule has 72 heavy (non-hydrogen) atoms. The van der Waals surface area contributed by atoms with Crippen LogP contribution in [0.15, 0.2) is 12.2 Å². The minimum atomic E-state index is -0.766. The quantitative estimate of drug-likeness (QED) is 0.0261. The standard InChI is InChI=1S/C66H126O6/c1-4-7-10-13-16-19-21-23-25-27-29-30-31-32-33-34-35-36-37-38-40-41-43-45-47-50-53-56-59-65(68)71-62-63(61-70-64(67)58-55-52-49-18-15-12-9-6-3)72-66(69)60-57-54-51-48-46-44-42-39-28-26-24-22-20-17-14-11-8-5-2/h26,28,63H,4-25,27,29-62H2,1-3H3/b28-26-. The number of carbonyl (C=O) groups excluding carboxylic acids is 3. The summed E-state index contributed by atoms with van der Waals surface area (Å²) < 4.78 is 16.9. The van der Waals surface area contributed by atoms with E-state index in [0.717, 1.165) is 57.8 Å². The summed E-state index contributed by atoms with van der Waals surface area (Å²) in [4.78, 5) is 38.1. The van der Waals surface area contributed by atoms with Crippen molar-refractivity contribution in [3.63, 3.8) is 0 Å². The Balaban J connectivity index is 4.05. The first-order valence-corrected chi connectivity index (χ1v) is 32.7. The van der Waals surface area contributed by atoms with Gasteiger partial charge < -0.3 is 14.2 Å². The molecule has 0 amide bonds. The summed E-state index contributed by atoms with van der Waals surface area (Å²) in [6.07, 6.45) is 72.5. The highest BCUT2D eigenvalue weighted by Gasteiger charge is 2.19. The van der Waals surface area contributed by atoms with Crippen LogP contribution in [0.1, 0.15) is 374 Å². The molecule has 0 bridgehead atoms. The van der Waals surface area contributed by atoms with Crippen molar-refractivity contribution >= 4 is 17.9 Å². The van der Waals surface area contributed by atoms with Gasteiger partial charge in [0.2, 0.25) is 0 Å². The molecule has 0 rings (SSSR count). The van der Waals surface area contributed by atoms with Gasteiger partial charge >= 0.3 is 17.9 Å². The maximum atomic E-state index is 12.9. The molecule has 0 radical (unpaired) electrons. The zero-order chi connectivity index (χ0) is 52.2. The summed E-state index contributed by atoms with van der Waals surface area (Å²) in [6.45, 7) is 6.67. The number of allylic oxidation sites excluding steroid dienone is 2. The fraction of sp³-hybridized carbons (Fsp3) is 0.924. The van der Waals surface area contributed by atoms with E-state index in [0.29, 0.717) is 19.3 Å². The van der Waals surface area contributed by atoms with Crippen LogP contribution in [0.3, 0.4) is 0 Å². The molecule has 0 saturated carbocycles. The van der Waals surface area contributed by atoms with E-state index in [9.17, 15) is 14.4 Å². The topological polar surface area (TPSA) is 78.9 Å². The highest BCUT2D eigenvalue weighted by Crippen LogP contribution is 2.18. The summed E-state index contributed by atoms with van der Waals surface area (Å²) in [5.74, 6) is -0.849. The first-order valence-electron chi connectivity index (χ1n) is 32.7. The van der Waals surface area contributed by atoms with Gasteiger partial charge in [-0.25, -0.2) is 0 Å². The van der Waals surface area contributed by atoms with Crippen molar-refractivity contribution in [3.8, 4) is 0 Å². The molecule has 1 atom stereocenters. The number of unbranched alkanes of at least 4 members (excludes halogenated alkanes) is 48. The first-order chi connectivity index (χ1) is 35.5. The maximum absolute atomic E-state index is 12.9. The number of esters is 3. The fourth-order valence-electron chi connectivity index (χ4n) is 10.1. The zero-order valence-corrected chi connectivity index (χ0v) is 49.0. The van der Waals surface area contributed by atoms with Crippen molar-refractivity contribution in [2.75, 3.05) is 13.2 Å². The van der Waals surface area contributed by atoms with Gasteiger partial charge in [-0.1, -0.05) is 322 Å². The van der Waals surface area contributed by atoms with E-state index in [1.165, 1.54) is 276 Å². The molecule has 0 aromatic heterocycles. The van der Waals surface area contributed by atoms with Crippen LogP contribution in [0.2, 0.25) is 0 Å². The molecule has 0 aliphatic heterocycles. The van der Waals surface area contributed by atoms with Crippen molar-refractivity contribution < 1.29 is 28.6 Å². The normalized spacial score (nSPS) is 12.0. The Labute approximate surface area is 450 Å². The Morgan fingerprint density at radius 1 is 0.264 bits per heavy atom. The predicted molar refractivity (Wildman–Crippen MR) is 312 cm³/mol. The molecule has 0 spiro atoms. The number of hydrogen-bond acceptors (Lipinski definition) is 6. The van der Waals surface area contributed by atoms with Gasteiger partial charge in [0.15, 0.2) is 6.10 Å². The zero-order valence-electron chi connectivity index (χ0n) is 49.0. The molecule has 1 unspecified atom stereocenters. The van der Waals surface area contributed by atoms with Crippen LogP contribution < -0.4 is 0 Å². The number of rotatable bonds is 61. The van der Waals surface area contributed by atoms with Crippen molar-refractivity contribution in [3.05, 3.63) is 12.2 Å². The van der Waals surface area contributed by atoms with Crippen LogP contribution in [0.4, 0.5) is 0 Å². The summed E-state index contributed by atoms with van der Waals surface area (Å²) in [5.41, 5.74) is 0. The second-order valence-corrected chi connectivity index (χ2v) is 22.4.